The molecule has 4 rings (SSSR count). The smallest absolute Gasteiger partial charge is 0.270 e. The monoisotopic (exact) mass is 430 g/mol. The number of nitrogens with one attached hydrogen (secondary N) is 2. The van der Waals surface area contributed by atoms with Crippen LogP contribution in [0.5, 0.6) is 5.88 Å². The van der Waals surface area contributed by atoms with Crippen LogP contribution in [0.2, 0.25) is 0 Å². The van der Waals surface area contributed by atoms with E-state index in [4.69, 9.17) is 9.47 Å². The zero-order chi connectivity index (χ0) is 21.7. The lowest BCUT2D eigenvalue weighted by atomic mass is 9.92. The fraction of sp³-hybridized carbons (Fsp3) is 0.619. The normalized spacial score (nSPS) is 19.2. The molecule has 2 aliphatic heterocycles. The first-order valence-electron chi connectivity index (χ1n) is 10.8. The van der Waals surface area contributed by atoms with E-state index in [-0.39, 0.29) is 18.1 Å². The van der Waals surface area contributed by atoms with Crippen LogP contribution >= 0.6 is 0 Å². The second-order valence-corrected chi connectivity index (χ2v) is 8.33. The number of hydrogen-bond acceptors (Lipinski definition) is 8. The van der Waals surface area contributed by atoms with Crippen LogP contribution in [-0.4, -0.2) is 75.6 Å². The van der Waals surface area contributed by atoms with Gasteiger partial charge < -0.3 is 29.8 Å². The van der Waals surface area contributed by atoms with Crippen molar-refractivity contribution in [3.05, 3.63) is 24.3 Å². The van der Waals surface area contributed by atoms with Crippen molar-refractivity contribution in [2.24, 2.45) is 13.0 Å². The Morgan fingerprint density at radius 1 is 1.35 bits per heavy atom. The van der Waals surface area contributed by atoms with Crippen molar-refractivity contribution in [3.8, 4) is 17.4 Å². The van der Waals surface area contributed by atoms with Crippen molar-refractivity contribution in [3.63, 3.8) is 0 Å². The Kier molecular flexibility index (Phi) is 6.79. The van der Waals surface area contributed by atoms with Gasteiger partial charge in [0.05, 0.1) is 24.7 Å². The predicted octanol–water partition coefficient (Wildman–Crippen LogP) is 0.527. The van der Waals surface area contributed by atoms with Gasteiger partial charge in [-0.25, -0.2) is 9.97 Å². The van der Waals surface area contributed by atoms with E-state index in [2.05, 4.69) is 25.6 Å². The van der Waals surface area contributed by atoms with Crippen molar-refractivity contribution in [2.75, 3.05) is 39.5 Å². The Hall–Kier alpha value is -2.56. The number of rotatable bonds is 7. The summed E-state index contributed by atoms with van der Waals surface area (Å²) in [5.74, 6) is 0.752. The first kappa shape index (κ1) is 21.7. The van der Waals surface area contributed by atoms with Crippen molar-refractivity contribution in [2.45, 2.75) is 31.3 Å². The minimum Gasteiger partial charge on any atom is -0.477 e. The van der Waals surface area contributed by atoms with Crippen LogP contribution in [0.4, 0.5) is 0 Å². The van der Waals surface area contributed by atoms with Crippen LogP contribution in [0, 0.1) is 5.92 Å². The van der Waals surface area contributed by atoms with Crippen molar-refractivity contribution in [1.29, 1.82) is 0 Å². The van der Waals surface area contributed by atoms with Crippen LogP contribution in [-0.2, 0) is 11.8 Å². The van der Waals surface area contributed by atoms with Crippen LogP contribution in [0.15, 0.2) is 18.6 Å². The molecule has 0 aliphatic carbocycles. The van der Waals surface area contributed by atoms with E-state index in [0.29, 0.717) is 42.8 Å². The number of amides is 1. The van der Waals surface area contributed by atoms with Gasteiger partial charge in [0.15, 0.2) is 5.82 Å². The summed E-state index contributed by atoms with van der Waals surface area (Å²) in [5, 5.41) is 16.7. The number of hydrogen-bond donors (Lipinski definition) is 3. The largest absolute Gasteiger partial charge is 0.477 e. The molecule has 0 radical (unpaired) electrons. The SMILES string of the molecule is Cn1cncc1-c1nc(OCC2CCOCC2)cc(C(=O)NCC2(O)CCNCC2)n1. The van der Waals surface area contributed by atoms with E-state index in [1.54, 1.807) is 23.2 Å². The second kappa shape index (κ2) is 9.71. The third kappa shape index (κ3) is 5.57. The molecule has 0 bridgehead atoms. The molecule has 2 aromatic heterocycles. The molecule has 1 amide bonds. The number of aryl methyl sites for hydroxylation is 1. The van der Waals surface area contributed by atoms with Crippen molar-refractivity contribution in [1.82, 2.24) is 30.2 Å². The molecule has 31 heavy (non-hydrogen) atoms. The minimum atomic E-state index is -0.902. The number of carbonyl (C=O) groups excluding carboxylic acids is 1. The highest BCUT2D eigenvalue weighted by Crippen LogP contribution is 2.22. The first-order chi connectivity index (χ1) is 15.0. The van der Waals surface area contributed by atoms with Crippen molar-refractivity contribution < 1.29 is 19.4 Å². The average Bonchev–Trinajstić information content (AvgIpc) is 3.23. The van der Waals surface area contributed by atoms with Gasteiger partial charge in [-0.15, -0.1) is 0 Å². The lowest BCUT2D eigenvalue weighted by Gasteiger charge is -2.32. The van der Waals surface area contributed by atoms with Crippen molar-refractivity contribution >= 4 is 5.91 Å². The Balaban J connectivity index is 1.50. The van der Waals surface area contributed by atoms with Gasteiger partial charge >= 0.3 is 0 Å². The number of ether oxygens (including phenoxy) is 2. The van der Waals surface area contributed by atoms with E-state index in [1.807, 2.05) is 7.05 Å². The molecule has 0 saturated carbocycles. The molecule has 0 atom stereocenters. The van der Waals surface area contributed by atoms with Gasteiger partial charge in [-0.2, -0.15) is 4.98 Å². The second-order valence-electron chi connectivity index (χ2n) is 8.33. The maximum atomic E-state index is 12.9. The third-order valence-electron chi connectivity index (χ3n) is 5.90. The minimum absolute atomic E-state index is 0.177. The molecule has 2 aliphatic rings. The lowest BCUT2D eigenvalue weighted by molar-refractivity contribution is 0.0112. The fourth-order valence-corrected chi connectivity index (χ4v) is 3.82. The molecule has 4 heterocycles. The molecule has 2 saturated heterocycles. The molecular formula is C21H30N6O4. The van der Waals surface area contributed by atoms with Crippen LogP contribution < -0.4 is 15.4 Å². The van der Waals surface area contributed by atoms with Gasteiger partial charge in [0.1, 0.15) is 11.4 Å². The van der Waals surface area contributed by atoms with E-state index in [0.717, 1.165) is 39.1 Å². The molecule has 0 aromatic carbocycles. The number of aliphatic hydroxyl groups is 1. The van der Waals surface area contributed by atoms with Gasteiger partial charge in [-0.05, 0) is 44.7 Å². The fourth-order valence-electron chi connectivity index (χ4n) is 3.82. The maximum absolute atomic E-state index is 12.9. The Bertz CT molecular complexity index is 890. The van der Waals surface area contributed by atoms with Gasteiger partial charge in [0.25, 0.3) is 5.91 Å². The lowest BCUT2D eigenvalue weighted by Crippen LogP contribution is -2.49. The zero-order valence-electron chi connectivity index (χ0n) is 17.8. The number of imidazole rings is 1. The molecule has 0 unspecified atom stereocenters. The predicted molar refractivity (Wildman–Crippen MR) is 113 cm³/mol. The Labute approximate surface area is 181 Å². The van der Waals surface area contributed by atoms with Gasteiger partial charge in [-0.1, -0.05) is 0 Å². The van der Waals surface area contributed by atoms with E-state index in [9.17, 15) is 9.90 Å². The number of carbonyl (C=O) groups is 1. The molecule has 10 heteroatoms. The quantitative estimate of drug-likeness (QED) is 0.581. The molecule has 2 fully saturated rings. The summed E-state index contributed by atoms with van der Waals surface area (Å²) in [5.41, 5.74) is -0.0189. The number of piperidine rings is 1. The van der Waals surface area contributed by atoms with Crippen LogP contribution in [0.3, 0.4) is 0 Å². The summed E-state index contributed by atoms with van der Waals surface area (Å²) in [6, 6.07) is 1.56. The molecule has 168 valence electrons. The topological polar surface area (TPSA) is 123 Å². The average molecular weight is 431 g/mol. The summed E-state index contributed by atoms with van der Waals surface area (Å²) in [6.45, 7) is 3.63. The molecule has 2 aromatic rings. The molecule has 3 N–H and O–H groups in total. The highest BCUT2D eigenvalue weighted by Gasteiger charge is 2.30. The highest BCUT2D eigenvalue weighted by molar-refractivity contribution is 5.93. The summed E-state index contributed by atoms with van der Waals surface area (Å²) < 4.78 is 13.1. The van der Waals surface area contributed by atoms with Gasteiger partial charge in [0, 0.05) is 32.9 Å². The summed E-state index contributed by atoms with van der Waals surface area (Å²) in [4.78, 5) is 25.9. The highest BCUT2D eigenvalue weighted by atomic mass is 16.5. The Morgan fingerprint density at radius 2 is 2.13 bits per heavy atom. The zero-order valence-corrected chi connectivity index (χ0v) is 17.8. The van der Waals surface area contributed by atoms with E-state index in [1.165, 1.54) is 0 Å². The summed E-state index contributed by atoms with van der Waals surface area (Å²) in [6.07, 6.45) is 6.38. The standard InChI is InChI=1S/C21H30N6O4/c1-27-14-23-11-17(27)19-25-16(20(28)24-13-21(29)4-6-22-7-5-21)10-18(26-19)31-12-15-2-8-30-9-3-15/h10-11,14-15,22,29H,2-9,12-13H2,1H3,(H,24,28). The third-order valence-corrected chi connectivity index (χ3v) is 5.90. The molecule has 0 spiro atoms. The number of nitrogens with zero attached hydrogens (tertiary/aromatic N) is 4. The van der Waals surface area contributed by atoms with Crippen LogP contribution in [0.1, 0.15) is 36.2 Å². The number of aromatic nitrogens is 4. The van der Waals surface area contributed by atoms with E-state index < -0.39 is 5.60 Å². The van der Waals surface area contributed by atoms with Gasteiger partial charge in [-0.3, -0.25) is 4.79 Å². The maximum Gasteiger partial charge on any atom is 0.270 e. The van der Waals surface area contributed by atoms with Crippen LogP contribution in [0.25, 0.3) is 11.5 Å². The Morgan fingerprint density at radius 3 is 2.84 bits per heavy atom. The van der Waals surface area contributed by atoms with Gasteiger partial charge in [0.2, 0.25) is 5.88 Å². The summed E-state index contributed by atoms with van der Waals surface area (Å²) in [7, 11) is 1.84. The first-order valence-corrected chi connectivity index (χ1v) is 10.8. The molecule has 10 nitrogen and oxygen atoms in total. The van der Waals surface area contributed by atoms with E-state index >= 15 is 0 Å². The molecular weight excluding hydrogens is 400 g/mol. The summed E-state index contributed by atoms with van der Waals surface area (Å²) >= 11 is 0.